The second kappa shape index (κ2) is 8.22. The maximum absolute atomic E-state index is 13.4. The number of benzene rings is 1. The van der Waals surface area contributed by atoms with E-state index in [1.807, 2.05) is 23.9 Å². The van der Waals surface area contributed by atoms with Crippen molar-refractivity contribution in [3.63, 3.8) is 0 Å². The third kappa shape index (κ3) is 3.90. The Bertz CT molecular complexity index is 1050. The molecule has 4 rings (SSSR count). The van der Waals surface area contributed by atoms with Crippen LogP contribution in [0.1, 0.15) is 34.9 Å². The van der Waals surface area contributed by atoms with Gasteiger partial charge in [0.05, 0.1) is 5.69 Å². The molecular weight excluding hydrogens is 383 g/mol. The predicted octanol–water partition coefficient (Wildman–Crippen LogP) is 3.10. The summed E-state index contributed by atoms with van der Waals surface area (Å²) in [5.74, 6) is 0.380. The summed E-state index contributed by atoms with van der Waals surface area (Å²) in [7, 11) is 5.57. The Hall–Kier alpha value is -3.29. The van der Waals surface area contributed by atoms with Crippen molar-refractivity contribution in [1.29, 1.82) is 0 Å². The number of hydrogen-bond acceptors (Lipinski definition) is 5. The van der Waals surface area contributed by atoms with Crippen molar-refractivity contribution in [1.82, 2.24) is 24.6 Å². The molecule has 156 valence electrons. The van der Waals surface area contributed by atoms with Gasteiger partial charge in [0.2, 0.25) is 5.95 Å². The van der Waals surface area contributed by atoms with E-state index in [1.54, 1.807) is 42.3 Å². The highest BCUT2D eigenvalue weighted by atomic mass is 19.1. The van der Waals surface area contributed by atoms with Crippen LogP contribution in [0.5, 0.6) is 0 Å². The molecule has 0 spiro atoms. The molecular formula is C22H25FN6O. The van der Waals surface area contributed by atoms with Gasteiger partial charge in [0, 0.05) is 58.1 Å². The van der Waals surface area contributed by atoms with E-state index in [4.69, 9.17) is 4.98 Å². The second-order valence-electron chi connectivity index (χ2n) is 7.80. The first-order valence-electron chi connectivity index (χ1n) is 10.0. The van der Waals surface area contributed by atoms with Gasteiger partial charge < -0.3 is 9.80 Å². The van der Waals surface area contributed by atoms with E-state index in [2.05, 4.69) is 10.1 Å². The quantitative estimate of drug-likeness (QED) is 0.664. The summed E-state index contributed by atoms with van der Waals surface area (Å²) in [5.41, 5.74) is 3.21. The molecule has 0 saturated carbocycles. The van der Waals surface area contributed by atoms with Crippen molar-refractivity contribution in [3.8, 4) is 11.1 Å². The van der Waals surface area contributed by atoms with Gasteiger partial charge in [0.15, 0.2) is 0 Å². The summed E-state index contributed by atoms with van der Waals surface area (Å²) in [6.45, 7) is 1.28. The molecule has 0 radical (unpaired) electrons. The first-order chi connectivity index (χ1) is 14.4. The highest BCUT2D eigenvalue weighted by Gasteiger charge is 2.29. The van der Waals surface area contributed by atoms with E-state index in [1.165, 1.54) is 12.1 Å². The number of aryl methyl sites for hydroxylation is 1. The van der Waals surface area contributed by atoms with Gasteiger partial charge in [-0.05, 0) is 36.6 Å². The number of halogens is 1. The van der Waals surface area contributed by atoms with Crippen LogP contribution < -0.4 is 4.90 Å². The molecule has 1 saturated heterocycles. The van der Waals surface area contributed by atoms with Crippen LogP contribution in [-0.2, 0) is 7.05 Å². The maximum Gasteiger partial charge on any atom is 0.272 e. The van der Waals surface area contributed by atoms with Crippen molar-refractivity contribution in [3.05, 3.63) is 59.9 Å². The van der Waals surface area contributed by atoms with E-state index in [0.29, 0.717) is 24.7 Å². The number of rotatable bonds is 4. The Balaban J connectivity index is 1.69. The average Bonchev–Trinajstić information content (AvgIpc) is 3.19. The molecule has 30 heavy (non-hydrogen) atoms. The number of likely N-dealkylation sites (tertiary alicyclic amines) is 1. The fourth-order valence-electron chi connectivity index (χ4n) is 3.89. The highest BCUT2D eigenvalue weighted by Crippen LogP contribution is 2.34. The summed E-state index contributed by atoms with van der Waals surface area (Å²) < 4.78 is 15.0. The Morgan fingerprint density at radius 3 is 2.63 bits per heavy atom. The minimum Gasteiger partial charge on any atom is -0.347 e. The molecule has 3 heterocycles. The molecule has 3 aromatic rings. The van der Waals surface area contributed by atoms with Crippen LogP contribution in [0, 0.1) is 5.82 Å². The standard InChI is InChI=1S/C22H25FN6O/c1-27(2)22-24-13-18(15-6-8-17(23)9-7-15)20(26-22)16-5-4-12-29(14-16)21(30)19-10-11-25-28(19)3/h6-11,13,16H,4-5,12,14H2,1-3H3. The van der Waals surface area contributed by atoms with E-state index in [-0.39, 0.29) is 17.6 Å². The van der Waals surface area contributed by atoms with Gasteiger partial charge in [-0.25, -0.2) is 14.4 Å². The summed E-state index contributed by atoms with van der Waals surface area (Å²) in [6.07, 6.45) is 5.24. The van der Waals surface area contributed by atoms with Crippen LogP contribution >= 0.6 is 0 Å². The SMILES string of the molecule is CN(C)c1ncc(-c2ccc(F)cc2)c(C2CCCN(C(=O)c3ccnn3C)C2)n1. The topological polar surface area (TPSA) is 67.2 Å². The number of aromatic nitrogens is 4. The summed E-state index contributed by atoms with van der Waals surface area (Å²) in [4.78, 5) is 26.0. The Kier molecular flexibility index (Phi) is 5.48. The lowest BCUT2D eigenvalue weighted by Crippen LogP contribution is -2.40. The van der Waals surface area contributed by atoms with Crippen LogP contribution in [-0.4, -0.2) is 57.7 Å². The van der Waals surface area contributed by atoms with Gasteiger partial charge in [-0.15, -0.1) is 0 Å². The van der Waals surface area contributed by atoms with Gasteiger partial charge in [0.1, 0.15) is 11.5 Å². The Morgan fingerprint density at radius 2 is 1.97 bits per heavy atom. The van der Waals surface area contributed by atoms with Crippen LogP contribution in [0.25, 0.3) is 11.1 Å². The van der Waals surface area contributed by atoms with Gasteiger partial charge >= 0.3 is 0 Å². The van der Waals surface area contributed by atoms with Gasteiger partial charge in [-0.1, -0.05) is 12.1 Å². The Labute approximate surface area is 175 Å². The van der Waals surface area contributed by atoms with Crippen molar-refractivity contribution in [2.75, 3.05) is 32.1 Å². The Morgan fingerprint density at radius 1 is 1.20 bits per heavy atom. The van der Waals surface area contributed by atoms with Gasteiger partial charge in [-0.2, -0.15) is 5.10 Å². The molecule has 0 N–H and O–H groups in total. The normalized spacial score (nSPS) is 16.5. The van der Waals surface area contributed by atoms with E-state index in [0.717, 1.165) is 29.7 Å². The summed E-state index contributed by atoms with van der Waals surface area (Å²) in [5, 5.41) is 4.11. The van der Waals surface area contributed by atoms with Crippen LogP contribution in [0.2, 0.25) is 0 Å². The number of amides is 1. The lowest BCUT2D eigenvalue weighted by molar-refractivity contribution is 0.0695. The molecule has 1 atom stereocenters. The molecule has 1 aliphatic rings. The monoisotopic (exact) mass is 408 g/mol. The van der Waals surface area contributed by atoms with Crippen molar-refractivity contribution >= 4 is 11.9 Å². The zero-order chi connectivity index (χ0) is 21.3. The smallest absolute Gasteiger partial charge is 0.272 e. The molecule has 8 heteroatoms. The second-order valence-corrected chi connectivity index (χ2v) is 7.80. The van der Waals surface area contributed by atoms with Crippen LogP contribution in [0.3, 0.4) is 0 Å². The fourth-order valence-corrected chi connectivity index (χ4v) is 3.89. The van der Waals surface area contributed by atoms with Crippen LogP contribution in [0.15, 0.2) is 42.7 Å². The van der Waals surface area contributed by atoms with Crippen molar-refractivity contribution in [2.45, 2.75) is 18.8 Å². The molecule has 1 aliphatic heterocycles. The lowest BCUT2D eigenvalue weighted by Gasteiger charge is -2.33. The van der Waals surface area contributed by atoms with Crippen molar-refractivity contribution < 1.29 is 9.18 Å². The summed E-state index contributed by atoms with van der Waals surface area (Å²) in [6, 6.07) is 8.11. The number of nitrogens with zero attached hydrogens (tertiary/aromatic N) is 6. The van der Waals surface area contributed by atoms with Crippen LogP contribution in [0.4, 0.5) is 10.3 Å². The molecule has 0 aliphatic carbocycles. The zero-order valence-electron chi connectivity index (χ0n) is 17.4. The molecule has 1 aromatic carbocycles. The van der Waals surface area contributed by atoms with Gasteiger partial charge in [-0.3, -0.25) is 9.48 Å². The maximum atomic E-state index is 13.4. The molecule has 7 nitrogen and oxygen atoms in total. The number of anilines is 1. The molecule has 1 unspecified atom stereocenters. The predicted molar refractivity (Wildman–Crippen MR) is 113 cm³/mol. The molecule has 1 fully saturated rings. The first kappa shape index (κ1) is 20.0. The highest BCUT2D eigenvalue weighted by molar-refractivity contribution is 5.92. The third-order valence-corrected chi connectivity index (χ3v) is 5.50. The van der Waals surface area contributed by atoms with E-state index < -0.39 is 0 Å². The fraction of sp³-hybridized carbons (Fsp3) is 0.364. The number of carbonyl (C=O) groups is 1. The summed E-state index contributed by atoms with van der Waals surface area (Å²) >= 11 is 0. The first-order valence-corrected chi connectivity index (χ1v) is 10.0. The average molecular weight is 408 g/mol. The zero-order valence-corrected chi connectivity index (χ0v) is 17.4. The van der Waals surface area contributed by atoms with E-state index in [9.17, 15) is 9.18 Å². The minimum absolute atomic E-state index is 0.0232. The van der Waals surface area contributed by atoms with E-state index >= 15 is 0 Å². The third-order valence-electron chi connectivity index (χ3n) is 5.50. The lowest BCUT2D eigenvalue weighted by atomic mass is 9.89. The van der Waals surface area contributed by atoms with Gasteiger partial charge in [0.25, 0.3) is 5.91 Å². The number of piperidine rings is 1. The number of carbonyl (C=O) groups excluding carboxylic acids is 1. The minimum atomic E-state index is -0.281. The van der Waals surface area contributed by atoms with Crippen molar-refractivity contribution in [2.24, 2.45) is 7.05 Å². The largest absolute Gasteiger partial charge is 0.347 e. The molecule has 1 amide bonds. The number of hydrogen-bond donors (Lipinski definition) is 0. The molecule has 0 bridgehead atoms. The molecule has 2 aromatic heterocycles.